The summed E-state index contributed by atoms with van der Waals surface area (Å²) in [7, 11) is -5.13. The van der Waals surface area contributed by atoms with Gasteiger partial charge in [0.25, 0.3) is 0 Å². The van der Waals surface area contributed by atoms with Crippen LogP contribution in [-0.4, -0.2) is 111 Å². The molecule has 250 valence electrons. The van der Waals surface area contributed by atoms with Crippen LogP contribution >= 0.6 is 31.9 Å². The molecule has 0 unspecified atom stereocenters. The van der Waals surface area contributed by atoms with Gasteiger partial charge in [0.15, 0.2) is 5.78 Å². The fraction of sp³-hybridized carbons (Fsp3) is 0.207. The standard InChI is InChI=1S/C29H26Br2N2O13S/c30-20-7-15(5-17(28(20)42)9-32(11-23(34)35)12-24(36)37)27(19-3-1-2-4-22(19)47(44,45)46)16-6-18(29(43)21(31)8-16)10-33(13-25(38)39)14-26(40)41/h1-8,42H,9-14H2,(H,34,35)(H,36,37)(H,38,39)(H,40,41)(H,44,45,46)/p-1. The molecule has 0 atom stereocenters. The van der Waals surface area contributed by atoms with Gasteiger partial charge in [0, 0.05) is 29.8 Å². The number of carboxylic acids is 4. The van der Waals surface area contributed by atoms with E-state index in [9.17, 15) is 62.5 Å². The number of carbonyl (C=O) groups excluding carboxylic acids is 1. The highest BCUT2D eigenvalue weighted by atomic mass is 79.9. The van der Waals surface area contributed by atoms with Crippen LogP contribution in [0, 0.1) is 0 Å². The molecule has 0 aliphatic heterocycles. The van der Waals surface area contributed by atoms with Gasteiger partial charge < -0.3 is 30.1 Å². The number of phenols is 1. The summed E-state index contributed by atoms with van der Waals surface area (Å²) in [4.78, 5) is 60.0. The zero-order chi connectivity index (χ0) is 35.2. The van der Waals surface area contributed by atoms with E-state index in [0.29, 0.717) is 0 Å². The van der Waals surface area contributed by atoms with Crippen molar-refractivity contribution < 1.29 is 62.5 Å². The maximum Gasteiger partial charge on any atom is 0.317 e. The molecule has 0 spiro atoms. The first kappa shape index (κ1) is 37.3. The van der Waals surface area contributed by atoms with Gasteiger partial charge in [0.1, 0.15) is 15.9 Å². The van der Waals surface area contributed by atoms with Gasteiger partial charge in [-0.15, -0.1) is 0 Å². The largest absolute Gasteiger partial charge is 0.744 e. The van der Waals surface area contributed by atoms with Crippen molar-refractivity contribution in [3.05, 3.63) is 85.3 Å². The molecule has 0 radical (unpaired) electrons. The second-order valence-electron chi connectivity index (χ2n) is 10.1. The molecule has 0 bridgehead atoms. The molecule has 2 aromatic rings. The van der Waals surface area contributed by atoms with E-state index < -0.39 is 89.7 Å². The summed E-state index contributed by atoms with van der Waals surface area (Å²) in [6.45, 7) is -3.77. The zero-order valence-electron chi connectivity index (χ0n) is 23.9. The van der Waals surface area contributed by atoms with Crippen LogP contribution in [0.15, 0.2) is 73.5 Å². The molecular formula is C29H25Br2N2O13S-. The third-order valence-corrected chi connectivity index (χ3v) is 8.58. The van der Waals surface area contributed by atoms with Crippen molar-refractivity contribution in [2.24, 2.45) is 0 Å². The number of benzene rings is 2. The van der Waals surface area contributed by atoms with Crippen molar-refractivity contribution in [2.45, 2.75) is 11.4 Å². The fourth-order valence-corrected chi connectivity index (χ4v) is 6.47. The van der Waals surface area contributed by atoms with Gasteiger partial charge in [-0.3, -0.25) is 33.8 Å². The van der Waals surface area contributed by atoms with E-state index in [-0.39, 0.29) is 42.4 Å². The molecule has 1 aliphatic rings. The molecule has 1 aliphatic carbocycles. The minimum absolute atomic E-state index is 0.00524. The molecule has 0 amide bonds. The number of hydrogen-bond donors (Lipinski definition) is 5. The SMILES string of the molecule is O=C(O)CN(CC(=O)O)CC1=CC(=C(c2cc(Br)c(O)c(CN(CC(=O)O)CC(=O)O)c2)c2ccccc2S(=O)(=O)[O-])C=C(Br)C1=O. The number of aliphatic carboxylic acids is 4. The summed E-state index contributed by atoms with van der Waals surface area (Å²) in [5.74, 6) is -6.46. The van der Waals surface area contributed by atoms with Crippen molar-refractivity contribution in [2.75, 3.05) is 32.7 Å². The summed E-state index contributed by atoms with van der Waals surface area (Å²) in [6, 6.07) is 7.76. The zero-order valence-corrected chi connectivity index (χ0v) is 27.9. The average Bonchev–Trinajstić information content (AvgIpc) is 2.92. The number of rotatable bonds is 15. The van der Waals surface area contributed by atoms with E-state index in [1.807, 2.05) is 0 Å². The second kappa shape index (κ2) is 15.6. The van der Waals surface area contributed by atoms with E-state index in [1.165, 1.54) is 42.5 Å². The summed E-state index contributed by atoms with van der Waals surface area (Å²) < 4.78 is 37.1. The van der Waals surface area contributed by atoms with E-state index in [4.69, 9.17) is 0 Å². The molecule has 0 heterocycles. The maximum atomic E-state index is 13.1. The summed E-state index contributed by atoms with van der Waals surface area (Å²) >= 11 is 6.36. The average molecular weight is 801 g/mol. The van der Waals surface area contributed by atoms with Crippen molar-refractivity contribution in [1.29, 1.82) is 0 Å². The quantitative estimate of drug-likeness (QED) is 0.162. The van der Waals surface area contributed by atoms with Crippen molar-refractivity contribution in [1.82, 2.24) is 9.80 Å². The molecule has 3 rings (SSSR count). The molecule has 47 heavy (non-hydrogen) atoms. The lowest BCUT2D eigenvalue weighted by molar-refractivity contribution is -0.143. The Hall–Kier alpha value is -4.20. The lowest BCUT2D eigenvalue weighted by Crippen LogP contribution is -2.37. The Morgan fingerprint density at radius 2 is 1.30 bits per heavy atom. The summed E-state index contributed by atoms with van der Waals surface area (Å²) in [5.41, 5.74) is -0.00605. The highest BCUT2D eigenvalue weighted by Gasteiger charge is 2.27. The Kier molecular flexibility index (Phi) is 12.4. The Balaban J connectivity index is 2.38. The van der Waals surface area contributed by atoms with Crippen molar-refractivity contribution >= 4 is 77.2 Å². The molecule has 15 nitrogen and oxygen atoms in total. The number of allylic oxidation sites excluding steroid dienone is 4. The number of aromatic hydroxyl groups is 1. The molecule has 0 aromatic heterocycles. The Morgan fingerprint density at radius 3 is 1.81 bits per heavy atom. The fourth-order valence-electron chi connectivity index (χ4n) is 4.78. The first-order valence-electron chi connectivity index (χ1n) is 13.1. The first-order chi connectivity index (χ1) is 21.9. The number of ketones is 1. The van der Waals surface area contributed by atoms with E-state index in [2.05, 4.69) is 31.9 Å². The number of phenolic OH excluding ortho intramolecular Hbond substituents is 1. The molecule has 18 heteroatoms. The van der Waals surface area contributed by atoms with Gasteiger partial charge in [-0.25, -0.2) is 8.42 Å². The molecule has 2 aromatic carbocycles. The van der Waals surface area contributed by atoms with E-state index >= 15 is 0 Å². The van der Waals surface area contributed by atoms with Gasteiger partial charge in [-0.05, 0) is 78.9 Å². The lowest BCUT2D eigenvalue weighted by Gasteiger charge is -2.24. The van der Waals surface area contributed by atoms with Gasteiger partial charge in [0.2, 0.25) is 0 Å². The van der Waals surface area contributed by atoms with Crippen LogP contribution in [-0.2, 0) is 40.6 Å². The Labute approximate surface area is 283 Å². The maximum absolute atomic E-state index is 13.1. The topological polar surface area (TPSA) is 250 Å². The number of hydrogen-bond acceptors (Lipinski definition) is 11. The molecule has 0 fully saturated rings. The minimum Gasteiger partial charge on any atom is -0.744 e. The first-order valence-corrected chi connectivity index (χ1v) is 16.1. The van der Waals surface area contributed by atoms with E-state index in [1.54, 1.807) is 0 Å². The van der Waals surface area contributed by atoms with E-state index in [0.717, 1.165) is 15.9 Å². The second-order valence-corrected chi connectivity index (χ2v) is 13.2. The van der Waals surface area contributed by atoms with Crippen LogP contribution in [0.4, 0.5) is 0 Å². The highest BCUT2D eigenvalue weighted by molar-refractivity contribution is 9.12. The predicted octanol–water partition coefficient (Wildman–Crippen LogP) is 2.09. The summed E-state index contributed by atoms with van der Waals surface area (Å²) in [6.07, 6.45) is 2.57. The van der Waals surface area contributed by atoms with Crippen molar-refractivity contribution in [3.8, 4) is 5.75 Å². The molecular weight excluding hydrogens is 776 g/mol. The normalized spacial score (nSPS) is 14.5. The van der Waals surface area contributed by atoms with Crippen LogP contribution in [0.2, 0.25) is 0 Å². The van der Waals surface area contributed by atoms with Gasteiger partial charge >= 0.3 is 23.9 Å². The monoisotopic (exact) mass is 799 g/mol. The molecule has 5 N–H and O–H groups in total. The number of Topliss-reactive ketones (excluding diaryl/α,β-unsaturated/α-hetero) is 1. The van der Waals surface area contributed by atoms with Crippen LogP contribution in [0.3, 0.4) is 0 Å². The predicted molar refractivity (Wildman–Crippen MR) is 169 cm³/mol. The smallest absolute Gasteiger partial charge is 0.317 e. The molecule has 0 saturated carbocycles. The third-order valence-electron chi connectivity index (χ3n) is 6.49. The third kappa shape index (κ3) is 10.1. The minimum atomic E-state index is -5.13. The summed E-state index contributed by atoms with van der Waals surface area (Å²) in [5, 5.41) is 48.0. The Bertz CT molecular complexity index is 1820. The number of nitrogens with zero attached hydrogens (tertiary/aromatic N) is 2. The number of carbonyl (C=O) groups is 5. The Morgan fingerprint density at radius 1 is 0.787 bits per heavy atom. The lowest BCUT2D eigenvalue weighted by atomic mass is 9.88. The van der Waals surface area contributed by atoms with Crippen molar-refractivity contribution in [3.63, 3.8) is 0 Å². The van der Waals surface area contributed by atoms with Crippen LogP contribution in [0.1, 0.15) is 16.7 Å². The van der Waals surface area contributed by atoms with Gasteiger partial charge in [-0.2, -0.15) is 0 Å². The molecule has 0 saturated heterocycles. The number of halogens is 2. The number of carboxylic acid groups (broad SMARTS) is 4. The van der Waals surface area contributed by atoms with Crippen LogP contribution < -0.4 is 0 Å². The van der Waals surface area contributed by atoms with Gasteiger partial charge in [0.05, 0.1) is 40.0 Å². The highest BCUT2D eigenvalue weighted by Crippen LogP contribution is 2.40. The van der Waals surface area contributed by atoms with Crippen LogP contribution in [0.25, 0.3) is 5.57 Å². The van der Waals surface area contributed by atoms with Crippen LogP contribution in [0.5, 0.6) is 5.75 Å². The van der Waals surface area contributed by atoms with Gasteiger partial charge in [-0.1, -0.05) is 18.2 Å².